The number of thiophene rings is 1. The van der Waals surface area contributed by atoms with Gasteiger partial charge >= 0.3 is 0 Å². The monoisotopic (exact) mass is 571 g/mol. The molecule has 3 rings (SSSR count). The molecule has 172 valence electrons. The Balaban J connectivity index is 0.00000320. The van der Waals surface area contributed by atoms with E-state index >= 15 is 0 Å². The van der Waals surface area contributed by atoms with Crippen LogP contribution in [0.2, 0.25) is 0 Å². The van der Waals surface area contributed by atoms with Gasteiger partial charge in [0.25, 0.3) is 0 Å². The van der Waals surface area contributed by atoms with Gasteiger partial charge in [-0.05, 0) is 30.2 Å². The van der Waals surface area contributed by atoms with Crippen molar-refractivity contribution in [1.29, 1.82) is 0 Å². The third-order valence-corrected chi connectivity index (χ3v) is 7.85. The van der Waals surface area contributed by atoms with Crippen molar-refractivity contribution in [1.82, 2.24) is 20.3 Å². The minimum absolute atomic E-state index is 0. The number of nitrogens with one attached hydrogen (secondary N) is 3. The highest BCUT2D eigenvalue weighted by atomic mass is 127. The van der Waals surface area contributed by atoms with Crippen LogP contribution in [0.25, 0.3) is 0 Å². The zero-order valence-electron chi connectivity index (χ0n) is 17.5. The van der Waals surface area contributed by atoms with Crippen molar-refractivity contribution < 1.29 is 13.2 Å². The molecule has 1 saturated heterocycles. The Kier molecular flexibility index (Phi) is 11.3. The van der Waals surface area contributed by atoms with Crippen LogP contribution in [0.4, 0.5) is 0 Å². The zero-order chi connectivity index (χ0) is 20.5. The number of sulfonamides is 1. The lowest BCUT2D eigenvalue weighted by atomic mass is 9.86. The quantitative estimate of drug-likeness (QED) is 0.225. The summed E-state index contributed by atoms with van der Waals surface area (Å²) in [7, 11) is -1.55. The molecule has 1 aromatic rings. The van der Waals surface area contributed by atoms with Gasteiger partial charge in [-0.15, -0.1) is 35.3 Å². The van der Waals surface area contributed by atoms with Gasteiger partial charge in [-0.2, -0.15) is 0 Å². The molecule has 2 heterocycles. The Morgan fingerprint density at radius 3 is 2.70 bits per heavy atom. The van der Waals surface area contributed by atoms with Gasteiger partial charge in [-0.1, -0.05) is 12.5 Å². The molecule has 1 aliphatic carbocycles. The number of morpholine rings is 1. The molecule has 3 N–H and O–H groups in total. The molecule has 30 heavy (non-hydrogen) atoms. The summed E-state index contributed by atoms with van der Waals surface area (Å²) in [5.74, 6) is 1.17. The van der Waals surface area contributed by atoms with E-state index < -0.39 is 10.0 Å². The van der Waals surface area contributed by atoms with E-state index in [-0.39, 0.29) is 35.8 Å². The summed E-state index contributed by atoms with van der Waals surface area (Å²) in [6, 6.07) is 4.47. The minimum Gasteiger partial charge on any atom is -0.379 e. The number of hydrogen-bond donors (Lipinski definition) is 3. The zero-order valence-corrected chi connectivity index (χ0v) is 21.5. The molecule has 0 aromatic carbocycles. The molecule has 0 amide bonds. The van der Waals surface area contributed by atoms with Gasteiger partial charge < -0.3 is 15.4 Å². The smallest absolute Gasteiger partial charge is 0.213 e. The second-order valence-corrected chi connectivity index (χ2v) is 10.4. The first kappa shape index (κ1) is 25.8. The van der Waals surface area contributed by atoms with Crippen molar-refractivity contribution in [3.8, 4) is 0 Å². The van der Waals surface area contributed by atoms with Gasteiger partial charge in [0.1, 0.15) is 0 Å². The molecular weight excluding hydrogens is 537 g/mol. The normalized spacial score (nSPS) is 19.6. The molecule has 1 aliphatic heterocycles. The highest BCUT2D eigenvalue weighted by Gasteiger charge is 2.24. The maximum absolute atomic E-state index is 12.1. The van der Waals surface area contributed by atoms with Crippen molar-refractivity contribution in [2.45, 2.75) is 25.3 Å². The van der Waals surface area contributed by atoms with Crippen LogP contribution in [0.1, 0.15) is 30.2 Å². The number of halogens is 1. The van der Waals surface area contributed by atoms with Gasteiger partial charge in [-0.25, -0.2) is 13.1 Å². The summed E-state index contributed by atoms with van der Waals surface area (Å²) < 4.78 is 32.5. The fourth-order valence-corrected chi connectivity index (χ4v) is 5.38. The predicted molar refractivity (Wildman–Crippen MR) is 133 cm³/mol. The molecule has 1 aromatic heterocycles. The van der Waals surface area contributed by atoms with E-state index in [0.717, 1.165) is 39.1 Å². The summed E-state index contributed by atoms with van der Waals surface area (Å²) in [5.41, 5.74) is 0. The summed E-state index contributed by atoms with van der Waals surface area (Å²) in [6.45, 7) is 4.90. The SMILES string of the molecule is CN=C(NCCS(=O)(=O)NCC1CCC1)NCC(c1cccs1)N1CCOCC1.I. The summed E-state index contributed by atoms with van der Waals surface area (Å²) in [6.07, 6.45) is 3.48. The third-order valence-electron chi connectivity index (χ3n) is 5.52. The van der Waals surface area contributed by atoms with Gasteiger partial charge in [0.15, 0.2) is 5.96 Å². The Hall–Kier alpha value is -0.470. The standard InChI is InChI=1S/C19H33N5O3S2.HI/c1-20-19(21-7-13-29(25,26)23-14-16-4-2-5-16)22-15-17(18-6-3-12-28-18)24-8-10-27-11-9-24;/h3,6,12,16-17,23H,2,4-5,7-11,13-15H2,1H3,(H2,20,21,22);1H. The van der Waals surface area contributed by atoms with Crippen molar-refractivity contribution in [2.75, 3.05) is 58.7 Å². The van der Waals surface area contributed by atoms with Crippen molar-refractivity contribution >= 4 is 51.3 Å². The number of guanidine groups is 1. The van der Waals surface area contributed by atoms with Gasteiger partial charge in [0.2, 0.25) is 10.0 Å². The second kappa shape index (κ2) is 13.2. The highest BCUT2D eigenvalue weighted by Crippen LogP contribution is 2.26. The second-order valence-electron chi connectivity index (χ2n) is 7.52. The van der Waals surface area contributed by atoms with Crippen LogP contribution in [0.3, 0.4) is 0 Å². The van der Waals surface area contributed by atoms with Crippen molar-refractivity contribution in [3.63, 3.8) is 0 Å². The molecule has 11 heteroatoms. The Morgan fingerprint density at radius 2 is 2.10 bits per heavy atom. The predicted octanol–water partition coefficient (Wildman–Crippen LogP) is 1.62. The van der Waals surface area contributed by atoms with Crippen molar-refractivity contribution in [2.24, 2.45) is 10.9 Å². The molecule has 0 bridgehead atoms. The van der Waals surface area contributed by atoms with Crippen LogP contribution in [-0.2, 0) is 14.8 Å². The average Bonchev–Trinajstić information content (AvgIpc) is 3.20. The van der Waals surface area contributed by atoms with Gasteiger partial charge in [-0.3, -0.25) is 9.89 Å². The average molecular weight is 572 g/mol. The Bertz CT molecular complexity index is 735. The van der Waals surface area contributed by atoms with Crippen LogP contribution in [0.5, 0.6) is 0 Å². The molecule has 2 fully saturated rings. The molecule has 1 saturated carbocycles. The van der Waals surface area contributed by atoms with E-state index in [0.29, 0.717) is 31.5 Å². The van der Waals surface area contributed by atoms with E-state index in [1.807, 2.05) is 0 Å². The molecule has 1 atom stereocenters. The van der Waals surface area contributed by atoms with Crippen molar-refractivity contribution in [3.05, 3.63) is 22.4 Å². The molecule has 1 unspecified atom stereocenters. The van der Waals surface area contributed by atoms with Crippen LogP contribution < -0.4 is 15.4 Å². The fourth-order valence-electron chi connectivity index (χ4n) is 3.51. The summed E-state index contributed by atoms with van der Waals surface area (Å²) in [4.78, 5) is 7.97. The van der Waals surface area contributed by atoms with Crippen LogP contribution in [0, 0.1) is 5.92 Å². The van der Waals surface area contributed by atoms with E-state index in [2.05, 4.69) is 42.8 Å². The Morgan fingerprint density at radius 1 is 1.33 bits per heavy atom. The minimum atomic E-state index is -3.26. The largest absolute Gasteiger partial charge is 0.379 e. The fraction of sp³-hybridized carbons (Fsp3) is 0.737. The maximum Gasteiger partial charge on any atom is 0.213 e. The molecule has 0 spiro atoms. The van der Waals surface area contributed by atoms with Crippen LogP contribution in [-0.4, -0.2) is 78.0 Å². The molecule has 2 aliphatic rings. The van der Waals surface area contributed by atoms with Gasteiger partial charge in [0, 0.05) is 44.6 Å². The summed E-state index contributed by atoms with van der Waals surface area (Å²) in [5, 5.41) is 8.58. The first-order chi connectivity index (χ1) is 14.1. The summed E-state index contributed by atoms with van der Waals surface area (Å²) >= 11 is 1.75. The first-order valence-corrected chi connectivity index (χ1v) is 12.9. The van der Waals surface area contributed by atoms with Gasteiger partial charge in [0.05, 0.1) is 25.0 Å². The lowest BCUT2D eigenvalue weighted by Gasteiger charge is -2.34. The van der Waals surface area contributed by atoms with Crippen LogP contribution >= 0.6 is 35.3 Å². The molecule has 0 radical (unpaired) electrons. The van der Waals surface area contributed by atoms with Crippen LogP contribution in [0.15, 0.2) is 22.5 Å². The van der Waals surface area contributed by atoms with E-state index in [9.17, 15) is 8.42 Å². The molecular formula is C19H34IN5O3S2. The first-order valence-electron chi connectivity index (χ1n) is 10.3. The van der Waals surface area contributed by atoms with E-state index in [4.69, 9.17) is 4.74 Å². The Labute approximate surface area is 201 Å². The number of aliphatic imine (C=N–C) groups is 1. The third kappa shape index (κ3) is 8.23. The van der Waals surface area contributed by atoms with E-state index in [1.54, 1.807) is 18.4 Å². The lowest BCUT2D eigenvalue weighted by Crippen LogP contribution is -2.47. The number of nitrogens with zero attached hydrogens (tertiary/aromatic N) is 2. The number of hydrogen-bond acceptors (Lipinski definition) is 6. The van der Waals surface area contributed by atoms with E-state index in [1.165, 1.54) is 11.3 Å². The maximum atomic E-state index is 12.1. The molecule has 8 nitrogen and oxygen atoms in total. The lowest BCUT2D eigenvalue weighted by molar-refractivity contribution is 0.0177. The number of ether oxygens (including phenoxy) is 1. The topological polar surface area (TPSA) is 95.1 Å². The number of rotatable bonds is 10. The highest BCUT2D eigenvalue weighted by molar-refractivity contribution is 14.0.